The standard InChI is InChI=1S/C23H34N4O3.CH2O2/c1-26(2)14-23(29)27-12-18-9-20(25-22(28)8-17-4-3-7-24-11-17)21(10-19(18)13-27)30-15-16-5-6-16;2-1-3/h3-4,7,11,16,18-21H,5-6,8-10,12-15H2,1-2H3,(H,25,28);1H,(H,2,3)/t18-,19+,20-,21-;/m0./s1. The average Bonchev–Trinajstić information content (AvgIpc) is 3.50. The van der Waals surface area contributed by atoms with Crippen LogP contribution in [0.1, 0.15) is 31.2 Å². The molecule has 0 unspecified atom stereocenters. The number of rotatable bonds is 8. The zero-order chi connectivity index (χ0) is 23.8. The second-order valence-corrected chi connectivity index (χ2v) is 9.66. The number of carbonyl (C=O) groups excluding carboxylic acids is 2. The molecule has 3 aliphatic rings. The van der Waals surface area contributed by atoms with Gasteiger partial charge in [-0.15, -0.1) is 0 Å². The number of nitrogens with one attached hydrogen (secondary N) is 1. The van der Waals surface area contributed by atoms with E-state index in [-0.39, 0.29) is 30.4 Å². The highest BCUT2D eigenvalue weighted by Gasteiger charge is 2.44. The van der Waals surface area contributed by atoms with Gasteiger partial charge in [0, 0.05) is 32.1 Å². The fraction of sp³-hybridized carbons (Fsp3) is 0.667. The first-order valence-corrected chi connectivity index (χ1v) is 11.7. The smallest absolute Gasteiger partial charge is 0.290 e. The molecular weight excluding hydrogens is 424 g/mol. The van der Waals surface area contributed by atoms with Crippen molar-refractivity contribution in [1.29, 1.82) is 0 Å². The maximum absolute atomic E-state index is 12.7. The molecule has 1 aromatic rings. The number of pyridine rings is 1. The zero-order valence-electron chi connectivity index (χ0n) is 19.6. The molecule has 2 N–H and O–H groups in total. The van der Waals surface area contributed by atoms with Gasteiger partial charge in [0.1, 0.15) is 0 Å². The van der Waals surface area contributed by atoms with Crippen LogP contribution in [-0.2, 0) is 25.5 Å². The largest absolute Gasteiger partial charge is 0.483 e. The minimum Gasteiger partial charge on any atom is -0.483 e. The van der Waals surface area contributed by atoms with Crippen molar-refractivity contribution in [3.63, 3.8) is 0 Å². The molecule has 0 spiro atoms. The van der Waals surface area contributed by atoms with Crippen molar-refractivity contribution in [2.75, 3.05) is 40.3 Å². The van der Waals surface area contributed by atoms with E-state index in [1.807, 2.05) is 36.0 Å². The van der Waals surface area contributed by atoms with Gasteiger partial charge in [-0.2, -0.15) is 0 Å². The molecule has 0 radical (unpaired) electrons. The van der Waals surface area contributed by atoms with E-state index in [2.05, 4.69) is 10.3 Å². The Morgan fingerprint density at radius 2 is 1.97 bits per heavy atom. The van der Waals surface area contributed by atoms with E-state index in [0.717, 1.165) is 38.1 Å². The molecule has 1 aliphatic heterocycles. The average molecular weight is 461 g/mol. The summed E-state index contributed by atoms with van der Waals surface area (Å²) in [5.74, 6) is 1.80. The van der Waals surface area contributed by atoms with E-state index < -0.39 is 0 Å². The zero-order valence-corrected chi connectivity index (χ0v) is 19.6. The molecule has 9 heteroatoms. The molecule has 182 valence electrons. The number of ether oxygens (including phenoxy) is 1. The van der Waals surface area contributed by atoms with Crippen LogP contribution in [0.2, 0.25) is 0 Å². The van der Waals surface area contributed by atoms with E-state index in [0.29, 0.717) is 30.7 Å². The summed E-state index contributed by atoms with van der Waals surface area (Å²) in [6.45, 7) is 2.60. The molecule has 33 heavy (non-hydrogen) atoms. The van der Waals surface area contributed by atoms with Crippen LogP contribution in [0.5, 0.6) is 0 Å². The van der Waals surface area contributed by atoms with Crippen molar-refractivity contribution < 1.29 is 24.2 Å². The van der Waals surface area contributed by atoms with Gasteiger partial charge in [-0.3, -0.25) is 19.4 Å². The van der Waals surface area contributed by atoms with Gasteiger partial charge in [0.05, 0.1) is 25.1 Å². The van der Waals surface area contributed by atoms with E-state index in [4.69, 9.17) is 14.6 Å². The lowest BCUT2D eigenvalue weighted by atomic mass is 9.77. The van der Waals surface area contributed by atoms with Crippen LogP contribution in [0.25, 0.3) is 0 Å². The van der Waals surface area contributed by atoms with Gasteiger partial charge >= 0.3 is 0 Å². The number of aromatic nitrogens is 1. The second kappa shape index (κ2) is 12.1. The molecule has 4 atom stereocenters. The number of fused-ring (bicyclic) bond motifs is 1. The van der Waals surface area contributed by atoms with E-state index >= 15 is 0 Å². The van der Waals surface area contributed by atoms with Gasteiger partial charge in [0.15, 0.2) is 0 Å². The molecule has 2 amide bonds. The highest BCUT2D eigenvalue weighted by atomic mass is 16.5. The third-order valence-electron chi connectivity index (χ3n) is 6.60. The molecule has 0 aromatic carbocycles. The number of carbonyl (C=O) groups is 3. The number of hydrogen-bond acceptors (Lipinski definition) is 6. The summed E-state index contributed by atoms with van der Waals surface area (Å²) in [6.07, 6.45) is 8.13. The monoisotopic (exact) mass is 460 g/mol. The molecule has 4 rings (SSSR count). The molecule has 1 saturated heterocycles. The van der Waals surface area contributed by atoms with Gasteiger partial charge in [0.25, 0.3) is 6.47 Å². The number of likely N-dealkylation sites (N-methyl/N-ethyl adjacent to an activating group) is 1. The van der Waals surface area contributed by atoms with Crippen molar-refractivity contribution in [2.24, 2.45) is 17.8 Å². The number of amides is 2. The predicted octanol–water partition coefficient (Wildman–Crippen LogP) is 1.03. The molecule has 9 nitrogen and oxygen atoms in total. The molecule has 0 bridgehead atoms. The highest BCUT2D eigenvalue weighted by molar-refractivity contribution is 5.79. The van der Waals surface area contributed by atoms with Crippen molar-refractivity contribution in [3.05, 3.63) is 30.1 Å². The summed E-state index contributed by atoms with van der Waals surface area (Å²) in [7, 11) is 3.85. The lowest BCUT2D eigenvalue weighted by molar-refractivity contribution is -0.131. The first kappa shape index (κ1) is 25.1. The Morgan fingerprint density at radius 3 is 2.58 bits per heavy atom. The van der Waals surface area contributed by atoms with Gasteiger partial charge in [-0.1, -0.05) is 6.07 Å². The Hall–Kier alpha value is -2.52. The van der Waals surface area contributed by atoms with Crippen LogP contribution in [0.3, 0.4) is 0 Å². The summed E-state index contributed by atoms with van der Waals surface area (Å²) >= 11 is 0. The lowest BCUT2D eigenvalue weighted by Crippen LogP contribution is -2.51. The first-order valence-electron chi connectivity index (χ1n) is 11.7. The summed E-state index contributed by atoms with van der Waals surface area (Å²) in [4.78, 5) is 41.6. The second-order valence-electron chi connectivity index (χ2n) is 9.66. The highest BCUT2D eigenvalue weighted by Crippen LogP contribution is 2.39. The van der Waals surface area contributed by atoms with Crippen molar-refractivity contribution in [1.82, 2.24) is 20.1 Å². The number of carboxylic acid groups (broad SMARTS) is 1. The van der Waals surface area contributed by atoms with Gasteiger partial charge in [0.2, 0.25) is 11.8 Å². The van der Waals surface area contributed by atoms with Gasteiger partial charge in [-0.25, -0.2) is 0 Å². The van der Waals surface area contributed by atoms with Crippen LogP contribution in [0.4, 0.5) is 0 Å². The molecule has 2 saturated carbocycles. The maximum atomic E-state index is 12.7. The van der Waals surface area contributed by atoms with Crippen LogP contribution < -0.4 is 5.32 Å². The number of likely N-dealkylation sites (tertiary alicyclic amines) is 1. The van der Waals surface area contributed by atoms with Crippen molar-refractivity contribution in [2.45, 2.75) is 44.2 Å². The SMILES string of the molecule is CN(C)CC(=O)N1C[C@H]2C[C@H](OCC3CC3)[C@@H](NC(=O)Cc3cccnc3)C[C@H]2C1.O=CO. The van der Waals surface area contributed by atoms with Gasteiger partial charge in [-0.05, 0) is 69.2 Å². The number of hydrogen-bond donors (Lipinski definition) is 2. The Balaban J connectivity index is 0.000000968. The Bertz CT molecular complexity index is 786. The van der Waals surface area contributed by atoms with E-state index in [1.54, 1.807) is 12.4 Å². The summed E-state index contributed by atoms with van der Waals surface area (Å²) < 4.78 is 6.30. The molecule has 3 fully saturated rings. The minimum absolute atomic E-state index is 0.0121. The molecule has 2 aliphatic carbocycles. The Morgan fingerprint density at radius 1 is 1.27 bits per heavy atom. The topological polar surface area (TPSA) is 112 Å². The molecular formula is C24H36N4O5. The fourth-order valence-electron chi connectivity index (χ4n) is 4.81. The Labute approximate surface area is 195 Å². The fourth-order valence-corrected chi connectivity index (χ4v) is 4.81. The van der Waals surface area contributed by atoms with Crippen LogP contribution >= 0.6 is 0 Å². The molecule has 1 aromatic heterocycles. The van der Waals surface area contributed by atoms with Gasteiger partial charge < -0.3 is 25.0 Å². The quantitative estimate of drug-likeness (QED) is 0.558. The predicted molar refractivity (Wildman–Crippen MR) is 122 cm³/mol. The van der Waals surface area contributed by atoms with Crippen LogP contribution in [-0.4, -0.2) is 90.7 Å². The minimum atomic E-state index is -0.250. The van der Waals surface area contributed by atoms with Crippen LogP contribution in [0.15, 0.2) is 24.5 Å². The third kappa shape index (κ3) is 7.78. The normalized spacial score (nSPS) is 26.2. The van der Waals surface area contributed by atoms with Crippen LogP contribution in [0, 0.1) is 17.8 Å². The molecule has 2 heterocycles. The van der Waals surface area contributed by atoms with E-state index in [9.17, 15) is 9.59 Å². The third-order valence-corrected chi connectivity index (χ3v) is 6.60. The number of nitrogens with zero attached hydrogens (tertiary/aromatic N) is 3. The first-order chi connectivity index (χ1) is 15.9. The van der Waals surface area contributed by atoms with Crippen molar-refractivity contribution >= 4 is 18.3 Å². The summed E-state index contributed by atoms with van der Waals surface area (Å²) in [5.41, 5.74) is 0.917. The lowest BCUT2D eigenvalue weighted by Gasteiger charge is -2.38. The summed E-state index contributed by atoms with van der Waals surface area (Å²) in [5, 5.41) is 10.1. The Kier molecular flexibility index (Phi) is 9.20. The van der Waals surface area contributed by atoms with E-state index in [1.165, 1.54) is 12.8 Å². The summed E-state index contributed by atoms with van der Waals surface area (Å²) in [6, 6.07) is 3.79. The maximum Gasteiger partial charge on any atom is 0.290 e. The van der Waals surface area contributed by atoms with Crippen molar-refractivity contribution in [3.8, 4) is 0 Å².